The van der Waals surface area contributed by atoms with E-state index in [2.05, 4.69) is 51.2 Å². The highest BCUT2D eigenvalue weighted by atomic mass is 127. The van der Waals surface area contributed by atoms with Crippen LogP contribution in [0.3, 0.4) is 0 Å². The molecule has 0 aromatic carbocycles. The predicted octanol–water partition coefficient (Wildman–Crippen LogP) is 1.90. The Morgan fingerprint density at radius 2 is 1.57 bits per heavy atom. The van der Waals surface area contributed by atoms with Crippen molar-refractivity contribution in [2.24, 2.45) is 15.0 Å². The normalized spacial score (nSPS) is 36.4. The van der Waals surface area contributed by atoms with Crippen LogP contribution in [0.2, 0.25) is 0 Å². The largest absolute Gasteiger partial charge is 0.312 e. The molecule has 2 saturated heterocycles. The molecule has 0 aliphatic carbocycles. The second kappa shape index (κ2) is 12.3. The fraction of sp³-hybridized carbons (Fsp3) is 0.850. The van der Waals surface area contributed by atoms with Crippen molar-refractivity contribution in [2.45, 2.75) is 68.8 Å². The van der Waals surface area contributed by atoms with E-state index in [0.29, 0.717) is 24.2 Å². The third-order valence-electron chi connectivity index (χ3n) is 5.75. The summed E-state index contributed by atoms with van der Waals surface area (Å²) in [5.41, 5.74) is 0. The van der Waals surface area contributed by atoms with Crippen LogP contribution < -0.4 is 10.6 Å². The molecule has 0 saturated carbocycles. The highest BCUT2D eigenvalue weighted by Gasteiger charge is 2.25. The van der Waals surface area contributed by atoms with E-state index in [1.165, 1.54) is 12.8 Å². The first-order chi connectivity index (χ1) is 13.7. The summed E-state index contributed by atoms with van der Waals surface area (Å²) in [6, 6.07) is 1.46. The first-order valence-electron chi connectivity index (χ1n) is 10.7. The third-order valence-corrected chi connectivity index (χ3v) is 6.46. The van der Waals surface area contributed by atoms with Crippen molar-refractivity contribution in [3.8, 4) is 0 Å². The van der Waals surface area contributed by atoms with Crippen molar-refractivity contribution in [3.63, 3.8) is 0 Å². The van der Waals surface area contributed by atoms with Gasteiger partial charge in [-0.3, -0.25) is 15.0 Å². The van der Waals surface area contributed by atoms with E-state index >= 15 is 0 Å². The van der Waals surface area contributed by atoms with Gasteiger partial charge >= 0.3 is 0 Å². The molecule has 3 rings (SSSR count). The standard InChI is InChI=1S/C20H35IN6O/c1-27-10-9-24-13-17-4-2-3-16(25-17)12-22-7-8-23-14-19-11-20(28-21)6-5-18(15-27)26-19/h12-14,16-20,25-26H,2-11,15H2,1H3. The molecule has 28 heavy (non-hydrogen) atoms. The van der Waals surface area contributed by atoms with E-state index in [4.69, 9.17) is 8.06 Å². The molecule has 2 fully saturated rings. The van der Waals surface area contributed by atoms with Crippen LogP contribution in [0.1, 0.15) is 38.5 Å². The van der Waals surface area contributed by atoms with Gasteiger partial charge in [0.15, 0.2) is 0 Å². The molecule has 2 N–H and O–H groups in total. The monoisotopic (exact) mass is 502 g/mol. The summed E-state index contributed by atoms with van der Waals surface area (Å²) < 4.78 is 5.65. The van der Waals surface area contributed by atoms with E-state index in [-0.39, 0.29) is 6.04 Å². The van der Waals surface area contributed by atoms with E-state index in [1.807, 2.05) is 23.0 Å². The molecule has 0 amide bonds. The number of aliphatic imine (C=N–C) groups is 3. The zero-order valence-corrected chi connectivity index (χ0v) is 19.1. The van der Waals surface area contributed by atoms with Crippen LogP contribution >= 0.6 is 23.0 Å². The topological polar surface area (TPSA) is 73.6 Å². The second-order valence-electron chi connectivity index (χ2n) is 8.23. The SMILES string of the molecule is CN1CCN=CC2CCCC(C=NCCN=CC3CC(OI)CCC(C1)N3)N2. The van der Waals surface area contributed by atoms with Gasteiger partial charge in [-0.05, 0) is 45.6 Å². The molecule has 0 aromatic rings. The van der Waals surface area contributed by atoms with Gasteiger partial charge in [-0.2, -0.15) is 0 Å². The molecule has 158 valence electrons. The number of likely N-dealkylation sites (N-methyl/N-ethyl adjacent to an activating group) is 1. The van der Waals surface area contributed by atoms with Crippen molar-refractivity contribution < 1.29 is 3.07 Å². The van der Waals surface area contributed by atoms with Crippen molar-refractivity contribution in [2.75, 3.05) is 39.8 Å². The van der Waals surface area contributed by atoms with Crippen LogP contribution in [0, 0.1) is 0 Å². The molecule has 0 aromatic heterocycles. The van der Waals surface area contributed by atoms with Gasteiger partial charge in [0.25, 0.3) is 0 Å². The molecule has 8 heteroatoms. The highest BCUT2D eigenvalue weighted by Crippen LogP contribution is 2.19. The number of rotatable bonds is 1. The van der Waals surface area contributed by atoms with Crippen LogP contribution in [-0.4, -0.2) is 93.6 Å². The third kappa shape index (κ3) is 7.78. The molecule has 0 radical (unpaired) electrons. The molecule has 4 bridgehead atoms. The lowest BCUT2D eigenvalue weighted by atomic mass is 10.00. The first-order valence-corrected chi connectivity index (χ1v) is 11.6. The summed E-state index contributed by atoms with van der Waals surface area (Å²) in [4.78, 5) is 16.3. The summed E-state index contributed by atoms with van der Waals surface area (Å²) in [5.74, 6) is 0. The molecule has 5 unspecified atom stereocenters. The van der Waals surface area contributed by atoms with Crippen LogP contribution in [0.25, 0.3) is 0 Å². The molecule has 3 aliphatic heterocycles. The van der Waals surface area contributed by atoms with E-state index in [1.54, 1.807) is 0 Å². The van der Waals surface area contributed by atoms with Crippen molar-refractivity contribution >= 4 is 41.6 Å². The van der Waals surface area contributed by atoms with Gasteiger partial charge in [-0.1, -0.05) is 0 Å². The van der Waals surface area contributed by atoms with Gasteiger partial charge in [-0.15, -0.1) is 0 Å². The lowest BCUT2D eigenvalue weighted by molar-refractivity contribution is 0.252. The summed E-state index contributed by atoms with van der Waals surface area (Å²) >= 11 is 2.04. The van der Waals surface area contributed by atoms with Crippen molar-refractivity contribution in [1.82, 2.24) is 15.5 Å². The lowest BCUT2D eigenvalue weighted by Gasteiger charge is -2.27. The molecule has 0 spiro atoms. The summed E-state index contributed by atoms with van der Waals surface area (Å²) in [5, 5.41) is 7.43. The fourth-order valence-corrected chi connectivity index (χ4v) is 4.68. The zero-order chi connectivity index (χ0) is 19.6. The minimum Gasteiger partial charge on any atom is -0.312 e. The average molecular weight is 502 g/mol. The van der Waals surface area contributed by atoms with Crippen LogP contribution in [0.15, 0.2) is 15.0 Å². The Balaban J connectivity index is 1.64. The van der Waals surface area contributed by atoms with Crippen molar-refractivity contribution in [3.05, 3.63) is 0 Å². The molecule has 5 atom stereocenters. The highest BCUT2D eigenvalue weighted by molar-refractivity contribution is 14.1. The number of fused-ring (bicyclic) bond motifs is 4. The maximum Gasteiger partial charge on any atom is 0.110 e. The van der Waals surface area contributed by atoms with Crippen LogP contribution in [-0.2, 0) is 3.07 Å². The molecular weight excluding hydrogens is 467 g/mol. The van der Waals surface area contributed by atoms with Gasteiger partial charge < -0.3 is 18.6 Å². The number of hydrogen-bond acceptors (Lipinski definition) is 7. The Morgan fingerprint density at radius 1 is 0.893 bits per heavy atom. The predicted molar refractivity (Wildman–Crippen MR) is 126 cm³/mol. The van der Waals surface area contributed by atoms with Gasteiger partial charge in [-0.25, -0.2) is 0 Å². The van der Waals surface area contributed by atoms with E-state index in [9.17, 15) is 0 Å². The maximum absolute atomic E-state index is 5.65. The first kappa shape index (κ1) is 22.3. The van der Waals surface area contributed by atoms with Gasteiger partial charge in [0, 0.05) is 55.9 Å². The van der Waals surface area contributed by atoms with Crippen LogP contribution in [0.4, 0.5) is 0 Å². The molecule has 7 nitrogen and oxygen atoms in total. The summed E-state index contributed by atoms with van der Waals surface area (Å²) in [6.45, 7) is 4.36. The lowest BCUT2D eigenvalue weighted by Crippen LogP contribution is -2.45. The van der Waals surface area contributed by atoms with Gasteiger partial charge in [0.1, 0.15) is 23.0 Å². The molecule has 3 aliphatic rings. The number of halogens is 1. The number of nitrogens with one attached hydrogen (secondary N) is 2. The minimum absolute atomic E-state index is 0.266. The fourth-order valence-electron chi connectivity index (χ4n) is 4.22. The van der Waals surface area contributed by atoms with Crippen molar-refractivity contribution in [1.29, 1.82) is 0 Å². The zero-order valence-electron chi connectivity index (χ0n) is 17.0. The summed E-state index contributed by atoms with van der Waals surface area (Å²) in [6.07, 6.45) is 13.3. The number of nitrogens with zero attached hydrogens (tertiary/aromatic N) is 4. The molecular formula is C20H35IN6O. The Kier molecular flexibility index (Phi) is 9.79. The van der Waals surface area contributed by atoms with E-state index < -0.39 is 0 Å². The Labute approximate surface area is 183 Å². The smallest absolute Gasteiger partial charge is 0.110 e. The quantitative estimate of drug-likeness (QED) is 0.538. The number of piperidine rings is 1. The minimum atomic E-state index is 0.266. The van der Waals surface area contributed by atoms with Crippen LogP contribution in [0.5, 0.6) is 0 Å². The Morgan fingerprint density at radius 3 is 2.29 bits per heavy atom. The average Bonchev–Trinajstić information content (AvgIpc) is 2.89. The second-order valence-corrected chi connectivity index (χ2v) is 8.74. The van der Waals surface area contributed by atoms with E-state index in [0.717, 1.165) is 58.4 Å². The Hall–Kier alpha value is -0.420. The number of hydrogen-bond donors (Lipinski definition) is 2. The van der Waals surface area contributed by atoms with Gasteiger partial charge in [0.2, 0.25) is 0 Å². The maximum atomic E-state index is 5.65. The summed E-state index contributed by atoms with van der Waals surface area (Å²) in [7, 11) is 2.20. The molecule has 3 heterocycles. The Bertz CT molecular complexity index is 543. The van der Waals surface area contributed by atoms with Gasteiger partial charge in [0.05, 0.1) is 25.7 Å².